The molecule has 1 saturated carbocycles. The van der Waals surface area contributed by atoms with Crippen LogP contribution in [0.4, 0.5) is 11.4 Å². The number of halogens is 1. The van der Waals surface area contributed by atoms with Gasteiger partial charge in [-0.3, -0.25) is 14.7 Å². The minimum absolute atomic E-state index is 0.0614. The summed E-state index contributed by atoms with van der Waals surface area (Å²) in [7, 11) is 2.00. The van der Waals surface area contributed by atoms with Crippen molar-refractivity contribution in [3.63, 3.8) is 0 Å². The SMILES string of the molecule is CN1C(=C2SC(=Nc3ccc4ncccc4c3)N(C3CCCCC3)C2=O)Sc2ccc(Cl)cc21. The highest BCUT2D eigenvalue weighted by atomic mass is 35.5. The number of aromatic nitrogens is 1. The number of pyridine rings is 1. The quantitative estimate of drug-likeness (QED) is 0.344. The molecule has 3 aliphatic rings. The van der Waals surface area contributed by atoms with Crippen molar-refractivity contribution in [2.24, 2.45) is 4.99 Å². The molecule has 0 atom stereocenters. The van der Waals surface area contributed by atoms with Crippen molar-refractivity contribution < 1.29 is 4.79 Å². The van der Waals surface area contributed by atoms with Crippen molar-refractivity contribution in [2.45, 2.75) is 43.0 Å². The van der Waals surface area contributed by atoms with E-state index in [0.29, 0.717) is 5.02 Å². The van der Waals surface area contributed by atoms with E-state index >= 15 is 0 Å². The highest BCUT2D eigenvalue weighted by Crippen LogP contribution is 2.51. The third-order valence-electron chi connectivity index (χ3n) is 6.55. The molecular weight excluding hydrogens is 484 g/mol. The Labute approximate surface area is 212 Å². The number of amidine groups is 1. The zero-order valence-electron chi connectivity index (χ0n) is 18.7. The van der Waals surface area contributed by atoms with Gasteiger partial charge in [-0.1, -0.05) is 48.7 Å². The fraction of sp³-hybridized carbons (Fsp3) is 0.269. The second kappa shape index (κ2) is 8.95. The van der Waals surface area contributed by atoms with Crippen LogP contribution in [0.2, 0.25) is 5.02 Å². The number of rotatable bonds is 2. The van der Waals surface area contributed by atoms with Crippen molar-refractivity contribution in [1.29, 1.82) is 0 Å². The van der Waals surface area contributed by atoms with Gasteiger partial charge in [0.2, 0.25) is 0 Å². The van der Waals surface area contributed by atoms with Crippen molar-refractivity contribution in [3.05, 3.63) is 69.7 Å². The number of hydrogen-bond acceptors (Lipinski definition) is 6. The first-order valence-electron chi connectivity index (χ1n) is 11.5. The van der Waals surface area contributed by atoms with Gasteiger partial charge in [0, 0.05) is 34.6 Å². The molecule has 2 aromatic carbocycles. The van der Waals surface area contributed by atoms with E-state index in [0.717, 1.165) is 68.0 Å². The van der Waals surface area contributed by atoms with Crippen molar-refractivity contribution in [2.75, 3.05) is 11.9 Å². The third-order valence-corrected chi connectivity index (χ3v) is 9.19. The highest BCUT2D eigenvalue weighted by molar-refractivity contribution is 8.19. The van der Waals surface area contributed by atoms with E-state index in [4.69, 9.17) is 16.6 Å². The molecule has 0 bridgehead atoms. The molecule has 1 saturated heterocycles. The fourth-order valence-electron chi connectivity index (χ4n) is 4.82. The molecule has 0 N–H and O–H groups in total. The Morgan fingerprint density at radius 3 is 2.76 bits per heavy atom. The number of amides is 1. The van der Waals surface area contributed by atoms with Gasteiger partial charge < -0.3 is 4.90 Å². The lowest BCUT2D eigenvalue weighted by Gasteiger charge is -2.30. The Morgan fingerprint density at radius 1 is 1.06 bits per heavy atom. The van der Waals surface area contributed by atoms with Gasteiger partial charge in [-0.05, 0) is 67.1 Å². The first-order valence-corrected chi connectivity index (χ1v) is 13.5. The van der Waals surface area contributed by atoms with E-state index in [9.17, 15) is 4.79 Å². The molecule has 1 aromatic heterocycles. The van der Waals surface area contributed by atoms with Crippen molar-refractivity contribution in [3.8, 4) is 0 Å². The molecule has 34 heavy (non-hydrogen) atoms. The predicted octanol–water partition coefficient (Wildman–Crippen LogP) is 7.20. The third kappa shape index (κ3) is 3.89. The van der Waals surface area contributed by atoms with Gasteiger partial charge in [-0.15, -0.1) is 0 Å². The summed E-state index contributed by atoms with van der Waals surface area (Å²) in [5, 5.41) is 3.45. The van der Waals surface area contributed by atoms with E-state index in [1.807, 2.05) is 60.5 Å². The summed E-state index contributed by atoms with van der Waals surface area (Å²) < 4.78 is 0. The van der Waals surface area contributed by atoms with Gasteiger partial charge in [-0.2, -0.15) is 0 Å². The molecule has 1 amide bonds. The standard InChI is InChI=1S/C26H23ClN4OS2/c1-30-21-15-17(27)9-12-22(21)33-25(30)23-24(32)31(19-7-3-2-4-8-19)26(34-23)29-18-10-11-20-16(14-18)6-5-13-28-20/h5-6,9-15,19H,2-4,7-8H2,1H3. The molecule has 3 aromatic rings. The summed E-state index contributed by atoms with van der Waals surface area (Å²) in [5.41, 5.74) is 2.81. The smallest absolute Gasteiger partial charge is 0.269 e. The number of hydrogen-bond donors (Lipinski definition) is 0. The van der Waals surface area contributed by atoms with Crippen LogP contribution in [0.1, 0.15) is 32.1 Å². The monoisotopic (exact) mass is 506 g/mol. The maximum atomic E-state index is 13.9. The number of carbonyl (C=O) groups is 1. The summed E-state index contributed by atoms with van der Waals surface area (Å²) in [6.45, 7) is 0. The average molecular weight is 507 g/mol. The summed E-state index contributed by atoms with van der Waals surface area (Å²) in [6.07, 6.45) is 7.38. The maximum absolute atomic E-state index is 13.9. The predicted molar refractivity (Wildman–Crippen MR) is 143 cm³/mol. The molecule has 0 spiro atoms. The summed E-state index contributed by atoms with van der Waals surface area (Å²) >= 11 is 9.37. The van der Waals surface area contributed by atoms with Gasteiger partial charge in [0.05, 0.1) is 21.9 Å². The lowest BCUT2D eigenvalue weighted by Crippen LogP contribution is -2.40. The van der Waals surface area contributed by atoms with Gasteiger partial charge >= 0.3 is 0 Å². The molecular formula is C26H23ClN4OS2. The molecule has 6 rings (SSSR count). The average Bonchev–Trinajstić information content (AvgIpc) is 3.35. The van der Waals surface area contributed by atoms with E-state index in [2.05, 4.69) is 9.88 Å². The van der Waals surface area contributed by atoms with E-state index < -0.39 is 0 Å². The van der Waals surface area contributed by atoms with Crippen LogP contribution in [0.15, 0.2) is 74.5 Å². The van der Waals surface area contributed by atoms with Gasteiger partial charge in [0.1, 0.15) is 4.91 Å². The number of nitrogens with zero attached hydrogens (tertiary/aromatic N) is 4. The van der Waals surface area contributed by atoms with Gasteiger partial charge in [-0.25, -0.2) is 4.99 Å². The summed E-state index contributed by atoms with van der Waals surface area (Å²) in [5.74, 6) is 0.0614. The molecule has 5 nitrogen and oxygen atoms in total. The minimum atomic E-state index is 0.0614. The van der Waals surface area contributed by atoms with Crippen LogP contribution >= 0.6 is 35.1 Å². The van der Waals surface area contributed by atoms with Gasteiger partial charge in [0.15, 0.2) is 5.17 Å². The lowest BCUT2D eigenvalue weighted by molar-refractivity contribution is -0.124. The Kier molecular flexibility index (Phi) is 5.79. The molecule has 172 valence electrons. The first kappa shape index (κ1) is 22.0. The maximum Gasteiger partial charge on any atom is 0.269 e. The molecule has 2 aliphatic heterocycles. The van der Waals surface area contributed by atoms with Crippen LogP contribution in [0, 0.1) is 0 Å². The zero-order valence-corrected chi connectivity index (χ0v) is 21.1. The molecule has 1 aliphatic carbocycles. The number of anilines is 1. The molecule has 0 radical (unpaired) electrons. The molecule has 3 heterocycles. The Balaban J connectivity index is 1.42. The van der Waals surface area contributed by atoms with Crippen LogP contribution in [-0.4, -0.2) is 34.0 Å². The largest absolute Gasteiger partial charge is 0.337 e. The van der Waals surface area contributed by atoms with Crippen LogP contribution in [0.3, 0.4) is 0 Å². The normalized spacial score (nSPS) is 22.3. The Hall–Kier alpha value is -2.48. The fourth-order valence-corrected chi connectivity index (χ4v) is 7.37. The number of aliphatic imine (C=N–C) groups is 1. The number of thioether (sulfide) groups is 2. The van der Waals surface area contributed by atoms with E-state index in [1.54, 1.807) is 18.0 Å². The second-order valence-corrected chi connectivity index (χ2v) is 11.2. The van der Waals surface area contributed by atoms with Crippen molar-refractivity contribution in [1.82, 2.24) is 9.88 Å². The van der Waals surface area contributed by atoms with E-state index in [1.165, 1.54) is 18.2 Å². The number of carbonyl (C=O) groups excluding carboxylic acids is 1. The Morgan fingerprint density at radius 2 is 1.91 bits per heavy atom. The van der Waals surface area contributed by atoms with E-state index in [-0.39, 0.29) is 11.9 Å². The topological polar surface area (TPSA) is 48.8 Å². The van der Waals surface area contributed by atoms with Crippen LogP contribution in [0.25, 0.3) is 10.9 Å². The van der Waals surface area contributed by atoms with Crippen LogP contribution < -0.4 is 4.90 Å². The van der Waals surface area contributed by atoms with Crippen LogP contribution in [0.5, 0.6) is 0 Å². The molecule has 0 unspecified atom stereocenters. The highest BCUT2D eigenvalue weighted by Gasteiger charge is 2.42. The Bertz CT molecular complexity index is 1370. The number of benzene rings is 2. The molecule has 2 fully saturated rings. The number of fused-ring (bicyclic) bond motifs is 2. The summed E-state index contributed by atoms with van der Waals surface area (Å²) in [4.78, 5) is 29.2. The van der Waals surface area contributed by atoms with Crippen molar-refractivity contribution >= 4 is 68.5 Å². The summed E-state index contributed by atoms with van der Waals surface area (Å²) in [6, 6.07) is 16.0. The second-order valence-electron chi connectivity index (χ2n) is 8.75. The van der Waals surface area contributed by atoms with Gasteiger partial charge in [0.25, 0.3) is 5.91 Å². The lowest BCUT2D eigenvalue weighted by atomic mass is 9.94. The minimum Gasteiger partial charge on any atom is -0.337 e. The molecule has 8 heteroatoms. The van der Waals surface area contributed by atoms with Crippen LogP contribution in [-0.2, 0) is 4.79 Å². The first-order chi connectivity index (χ1) is 16.6. The zero-order chi connectivity index (χ0) is 23.2.